The predicted octanol–water partition coefficient (Wildman–Crippen LogP) is 6.66. The first-order chi connectivity index (χ1) is 18.2. The second-order valence-corrected chi connectivity index (χ2v) is 10.6. The Hall–Kier alpha value is -2.66. The van der Waals surface area contributed by atoms with E-state index in [1.54, 1.807) is 12.1 Å². The molecule has 1 N–H and O–H groups in total. The summed E-state index contributed by atoms with van der Waals surface area (Å²) >= 11 is 5.86. The molecule has 39 heavy (non-hydrogen) atoms. The fraction of sp³-hybridized carbons (Fsp3) is 0.481. The zero-order valence-corrected chi connectivity index (χ0v) is 21.4. The fourth-order valence-corrected chi connectivity index (χ4v) is 5.87. The van der Waals surface area contributed by atoms with Crippen LogP contribution in [0.2, 0.25) is 0 Å². The van der Waals surface area contributed by atoms with E-state index in [-0.39, 0.29) is 36.7 Å². The summed E-state index contributed by atoms with van der Waals surface area (Å²) in [5.74, 6) is -0.881. The number of alkyl halides is 6. The van der Waals surface area contributed by atoms with Crippen LogP contribution >= 0.6 is 11.6 Å². The number of halogens is 8. The maximum absolute atomic E-state index is 13.2. The summed E-state index contributed by atoms with van der Waals surface area (Å²) in [5.41, 5.74) is -3.98. The van der Waals surface area contributed by atoms with Gasteiger partial charge in [0.25, 0.3) is 0 Å². The molecule has 2 fully saturated rings. The minimum Gasteiger partial charge on any atom is -0.351 e. The van der Waals surface area contributed by atoms with Crippen molar-refractivity contribution in [3.63, 3.8) is 0 Å². The van der Waals surface area contributed by atoms with Gasteiger partial charge in [-0.1, -0.05) is 12.1 Å². The topological polar surface area (TPSA) is 49.4 Å². The van der Waals surface area contributed by atoms with Gasteiger partial charge in [0.05, 0.1) is 11.1 Å². The summed E-state index contributed by atoms with van der Waals surface area (Å²) in [6, 6.07) is 7.29. The van der Waals surface area contributed by atoms with Gasteiger partial charge in [-0.25, -0.2) is 4.39 Å². The molecule has 1 heterocycles. The van der Waals surface area contributed by atoms with Crippen LogP contribution in [0.5, 0.6) is 0 Å². The van der Waals surface area contributed by atoms with Crippen molar-refractivity contribution < 1.29 is 40.3 Å². The molecule has 2 aliphatic rings. The summed E-state index contributed by atoms with van der Waals surface area (Å²) < 4.78 is 92.2. The number of amides is 1. The highest BCUT2D eigenvalue weighted by Crippen LogP contribution is 2.44. The van der Waals surface area contributed by atoms with E-state index in [2.05, 4.69) is 10.2 Å². The van der Waals surface area contributed by atoms with Crippen molar-refractivity contribution in [2.45, 2.75) is 63.0 Å². The number of likely N-dealkylation sites (tertiary alicyclic amines) is 1. The molecule has 0 radical (unpaired) electrons. The van der Waals surface area contributed by atoms with E-state index >= 15 is 0 Å². The van der Waals surface area contributed by atoms with Crippen molar-refractivity contribution in [1.29, 1.82) is 0 Å². The van der Waals surface area contributed by atoms with Crippen LogP contribution in [0.15, 0.2) is 42.5 Å². The largest absolute Gasteiger partial charge is 0.416 e. The van der Waals surface area contributed by atoms with Gasteiger partial charge in [0, 0.05) is 12.6 Å². The normalized spacial score (nSPS) is 23.1. The molecular weight excluding hydrogens is 553 g/mol. The highest BCUT2D eigenvalue weighted by molar-refractivity contribution is 6.66. The molecule has 0 aromatic heterocycles. The SMILES string of the molecule is O=C(Cl)[C@]1(C(=O)NCc2cc(C(F)(F)F)cc(C(F)(F)F)c2)CC[C@@H](N2CCC(c3ccc(F)cc3)CC2)C1. The number of hydrogen-bond donors (Lipinski definition) is 1. The van der Waals surface area contributed by atoms with E-state index < -0.39 is 52.2 Å². The summed E-state index contributed by atoms with van der Waals surface area (Å²) in [5, 5.41) is 1.44. The molecule has 1 saturated carbocycles. The quantitative estimate of drug-likeness (QED) is 0.237. The lowest BCUT2D eigenvalue weighted by atomic mass is 9.85. The van der Waals surface area contributed by atoms with Gasteiger partial charge >= 0.3 is 12.4 Å². The van der Waals surface area contributed by atoms with Crippen LogP contribution in [0.25, 0.3) is 0 Å². The number of rotatable bonds is 6. The number of piperidine rings is 1. The molecule has 4 rings (SSSR count). The number of nitrogens with zero attached hydrogens (tertiary/aromatic N) is 1. The maximum Gasteiger partial charge on any atom is 0.416 e. The van der Waals surface area contributed by atoms with Gasteiger partial charge in [-0.2, -0.15) is 26.3 Å². The van der Waals surface area contributed by atoms with Crippen LogP contribution in [0.1, 0.15) is 60.3 Å². The van der Waals surface area contributed by atoms with Crippen LogP contribution < -0.4 is 5.32 Å². The second kappa shape index (κ2) is 11.1. The Morgan fingerprint density at radius 2 is 1.49 bits per heavy atom. The van der Waals surface area contributed by atoms with Gasteiger partial charge < -0.3 is 10.2 Å². The average molecular weight is 579 g/mol. The molecule has 0 spiro atoms. The summed E-state index contributed by atoms with van der Waals surface area (Å²) in [7, 11) is 0. The van der Waals surface area contributed by atoms with E-state index in [0.29, 0.717) is 31.6 Å². The van der Waals surface area contributed by atoms with Gasteiger partial charge in [-0.05, 0) is 104 Å². The minimum atomic E-state index is -5.02. The molecular formula is C27H26ClF7N2O2. The molecule has 1 saturated heterocycles. The first-order valence-corrected chi connectivity index (χ1v) is 12.8. The smallest absolute Gasteiger partial charge is 0.351 e. The minimum absolute atomic E-state index is 0.00984. The molecule has 1 amide bonds. The van der Waals surface area contributed by atoms with Crippen LogP contribution in [0.3, 0.4) is 0 Å². The predicted molar refractivity (Wildman–Crippen MR) is 129 cm³/mol. The van der Waals surface area contributed by atoms with Gasteiger partial charge in [-0.3, -0.25) is 9.59 Å². The Morgan fingerprint density at radius 3 is 2.00 bits per heavy atom. The number of benzene rings is 2. The van der Waals surface area contributed by atoms with E-state index in [1.807, 2.05) is 0 Å². The van der Waals surface area contributed by atoms with Crippen LogP contribution in [-0.4, -0.2) is 35.2 Å². The zero-order valence-electron chi connectivity index (χ0n) is 20.6. The van der Waals surface area contributed by atoms with E-state index in [9.17, 15) is 40.3 Å². The highest BCUT2D eigenvalue weighted by Gasteiger charge is 2.52. The first-order valence-electron chi connectivity index (χ1n) is 12.5. The van der Waals surface area contributed by atoms with Gasteiger partial charge in [0.2, 0.25) is 11.1 Å². The van der Waals surface area contributed by atoms with Gasteiger partial charge in [-0.15, -0.1) is 0 Å². The van der Waals surface area contributed by atoms with Crippen molar-refractivity contribution in [2.24, 2.45) is 5.41 Å². The molecule has 4 nitrogen and oxygen atoms in total. The zero-order chi connectivity index (χ0) is 28.6. The third kappa shape index (κ3) is 6.57. The molecule has 1 aliphatic carbocycles. The summed E-state index contributed by atoms with van der Waals surface area (Å²) in [6.07, 6.45) is -7.75. The molecule has 1 aliphatic heterocycles. The lowest BCUT2D eigenvalue weighted by Crippen LogP contribution is -2.46. The van der Waals surface area contributed by atoms with E-state index in [0.717, 1.165) is 18.4 Å². The molecule has 2 aromatic rings. The molecule has 12 heteroatoms. The van der Waals surface area contributed by atoms with E-state index in [1.165, 1.54) is 12.1 Å². The first kappa shape index (κ1) is 29.3. The van der Waals surface area contributed by atoms with Gasteiger partial charge in [0.15, 0.2) is 0 Å². The Balaban J connectivity index is 1.42. The van der Waals surface area contributed by atoms with Crippen LogP contribution in [0.4, 0.5) is 30.7 Å². The van der Waals surface area contributed by atoms with Crippen molar-refractivity contribution in [3.8, 4) is 0 Å². The van der Waals surface area contributed by atoms with Crippen LogP contribution in [-0.2, 0) is 28.5 Å². The third-order valence-electron chi connectivity index (χ3n) is 7.79. The Kier molecular flexibility index (Phi) is 8.33. The lowest BCUT2D eigenvalue weighted by Gasteiger charge is -2.37. The average Bonchev–Trinajstić information content (AvgIpc) is 3.34. The van der Waals surface area contributed by atoms with Crippen molar-refractivity contribution in [1.82, 2.24) is 10.2 Å². The highest BCUT2D eigenvalue weighted by atomic mass is 35.5. The summed E-state index contributed by atoms with van der Waals surface area (Å²) in [6.45, 7) is 0.738. The number of hydrogen-bond acceptors (Lipinski definition) is 3. The van der Waals surface area contributed by atoms with E-state index in [4.69, 9.17) is 11.6 Å². The Bertz CT molecular complexity index is 1180. The summed E-state index contributed by atoms with van der Waals surface area (Å²) in [4.78, 5) is 27.7. The second-order valence-electron chi connectivity index (χ2n) is 10.2. The molecule has 0 unspecified atom stereocenters. The molecule has 0 bridgehead atoms. The Labute approximate surface area is 225 Å². The monoisotopic (exact) mass is 578 g/mol. The van der Waals surface area contributed by atoms with Crippen molar-refractivity contribution in [3.05, 3.63) is 70.5 Å². The number of nitrogens with one attached hydrogen (secondary N) is 1. The van der Waals surface area contributed by atoms with Crippen molar-refractivity contribution in [2.75, 3.05) is 13.1 Å². The van der Waals surface area contributed by atoms with Crippen LogP contribution in [0, 0.1) is 11.2 Å². The standard InChI is InChI=1S/C27H26ClF7N2O2/c28-23(38)25(24(39)36-15-16-11-19(26(30,31)32)13-20(12-16)27(33,34)35)8-5-22(14-25)37-9-6-18(7-10-37)17-1-3-21(29)4-2-17/h1-4,11-13,18,22H,5-10,14-15H2,(H,36,39)/t22-,25+/m1/s1. The maximum atomic E-state index is 13.2. The molecule has 2 aromatic carbocycles. The number of carbonyl (C=O) groups excluding carboxylic acids is 2. The number of carbonyl (C=O) groups is 2. The lowest BCUT2D eigenvalue weighted by molar-refractivity contribution is -0.143. The molecule has 212 valence electrons. The Morgan fingerprint density at radius 1 is 0.923 bits per heavy atom. The third-order valence-corrected chi connectivity index (χ3v) is 8.15. The fourth-order valence-electron chi connectivity index (χ4n) is 5.61. The molecule has 2 atom stereocenters. The van der Waals surface area contributed by atoms with Crippen molar-refractivity contribution >= 4 is 22.8 Å². The van der Waals surface area contributed by atoms with Gasteiger partial charge in [0.1, 0.15) is 11.2 Å².